The van der Waals surface area contributed by atoms with Crippen molar-refractivity contribution in [2.24, 2.45) is 0 Å². The SMILES string of the molecule is CN(C)c1ccnc(C=CC(=O)O)c1. The third kappa shape index (κ3) is 2.90. The van der Waals surface area contributed by atoms with Crippen LogP contribution < -0.4 is 4.90 Å². The van der Waals surface area contributed by atoms with Gasteiger partial charge in [-0.25, -0.2) is 4.79 Å². The van der Waals surface area contributed by atoms with E-state index in [2.05, 4.69) is 4.98 Å². The van der Waals surface area contributed by atoms with Crippen LogP contribution in [-0.2, 0) is 4.79 Å². The number of aromatic nitrogens is 1. The monoisotopic (exact) mass is 192 g/mol. The molecule has 0 atom stereocenters. The lowest BCUT2D eigenvalue weighted by Crippen LogP contribution is -2.08. The molecule has 1 rings (SSSR count). The number of hydrogen-bond donors (Lipinski definition) is 1. The smallest absolute Gasteiger partial charge is 0.328 e. The minimum Gasteiger partial charge on any atom is -0.478 e. The molecule has 74 valence electrons. The van der Waals surface area contributed by atoms with E-state index in [1.54, 1.807) is 6.20 Å². The summed E-state index contributed by atoms with van der Waals surface area (Å²) in [6, 6.07) is 3.68. The summed E-state index contributed by atoms with van der Waals surface area (Å²) in [6.45, 7) is 0. The molecular weight excluding hydrogens is 180 g/mol. The van der Waals surface area contributed by atoms with Gasteiger partial charge in [-0.05, 0) is 18.2 Å². The van der Waals surface area contributed by atoms with E-state index in [1.807, 2.05) is 31.1 Å². The predicted octanol–water partition coefficient (Wildman–Crippen LogP) is 1.25. The molecule has 0 saturated heterocycles. The Kier molecular flexibility index (Phi) is 3.23. The van der Waals surface area contributed by atoms with E-state index < -0.39 is 5.97 Å². The third-order valence-corrected chi connectivity index (χ3v) is 1.68. The van der Waals surface area contributed by atoms with Crippen LogP contribution in [-0.4, -0.2) is 30.2 Å². The van der Waals surface area contributed by atoms with Gasteiger partial charge in [0.25, 0.3) is 0 Å². The van der Waals surface area contributed by atoms with Crippen molar-refractivity contribution in [3.05, 3.63) is 30.1 Å². The van der Waals surface area contributed by atoms with Crippen LogP contribution in [0.25, 0.3) is 6.08 Å². The summed E-state index contributed by atoms with van der Waals surface area (Å²) in [7, 11) is 3.83. The topological polar surface area (TPSA) is 53.4 Å². The molecule has 0 saturated carbocycles. The maximum atomic E-state index is 10.3. The Morgan fingerprint density at radius 1 is 1.57 bits per heavy atom. The molecule has 0 bridgehead atoms. The first-order valence-corrected chi connectivity index (χ1v) is 4.14. The molecule has 0 aliphatic heterocycles. The summed E-state index contributed by atoms with van der Waals surface area (Å²) < 4.78 is 0. The molecular formula is C10H12N2O2. The number of carboxylic acid groups (broad SMARTS) is 1. The standard InChI is InChI=1S/C10H12N2O2/c1-12(2)9-5-6-11-8(7-9)3-4-10(13)14/h3-7H,1-2H3,(H,13,14). The molecule has 0 aliphatic rings. The normalized spacial score (nSPS) is 10.4. The van der Waals surface area contributed by atoms with Gasteiger partial charge in [0.1, 0.15) is 0 Å². The molecule has 0 aliphatic carbocycles. The Morgan fingerprint density at radius 2 is 2.29 bits per heavy atom. The maximum absolute atomic E-state index is 10.3. The van der Waals surface area contributed by atoms with Gasteiger partial charge in [-0.2, -0.15) is 0 Å². The molecule has 0 fully saturated rings. The van der Waals surface area contributed by atoms with Crippen LogP contribution in [0.15, 0.2) is 24.4 Å². The van der Waals surface area contributed by atoms with Crippen LogP contribution in [0.1, 0.15) is 5.69 Å². The Morgan fingerprint density at radius 3 is 2.86 bits per heavy atom. The number of hydrogen-bond acceptors (Lipinski definition) is 3. The fourth-order valence-corrected chi connectivity index (χ4v) is 0.963. The second kappa shape index (κ2) is 4.41. The summed E-state index contributed by atoms with van der Waals surface area (Å²) in [6.07, 6.45) is 4.19. The average Bonchev–Trinajstić information content (AvgIpc) is 2.15. The van der Waals surface area contributed by atoms with Gasteiger partial charge in [0, 0.05) is 32.1 Å². The first-order chi connectivity index (χ1) is 6.59. The van der Waals surface area contributed by atoms with Crippen molar-refractivity contribution in [1.29, 1.82) is 0 Å². The van der Waals surface area contributed by atoms with E-state index in [9.17, 15) is 4.79 Å². The number of nitrogens with zero attached hydrogens (tertiary/aromatic N) is 2. The number of aliphatic carboxylic acids is 1. The van der Waals surface area contributed by atoms with Crippen molar-refractivity contribution >= 4 is 17.7 Å². The lowest BCUT2D eigenvalue weighted by molar-refractivity contribution is -0.131. The van der Waals surface area contributed by atoms with E-state index in [0.717, 1.165) is 11.8 Å². The van der Waals surface area contributed by atoms with Crippen LogP contribution >= 0.6 is 0 Å². The fraction of sp³-hybridized carbons (Fsp3) is 0.200. The summed E-state index contributed by atoms with van der Waals surface area (Å²) in [4.78, 5) is 16.2. The number of pyridine rings is 1. The van der Waals surface area contributed by atoms with Crippen molar-refractivity contribution in [3.63, 3.8) is 0 Å². The first kappa shape index (κ1) is 10.2. The van der Waals surface area contributed by atoms with Gasteiger partial charge < -0.3 is 10.0 Å². The first-order valence-electron chi connectivity index (χ1n) is 4.14. The molecule has 0 unspecified atom stereocenters. The van der Waals surface area contributed by atoms with Crippen molar-refractivity contribution in [3.8, 4) is 0 Å². The summed E-state index contributed by atoms with van der Waals surface area (Å²) in [5, 5.41) is 8.43. The molecule has 14 heavy (non-hydrogen) atoms. The highest BCUT2D eigenvalue weighted by Crippen LogP contribution is 2.11. The summed E-state index contributed by atoms with van der Waals surface area (Å²) in [5.74, 6) is -0.970. The molecule has 0 spiro atoms. The number of rotatable bonds is 3. The largest absolute Gasteiger partial charge is 0.478 e. The van der Waals surface area contributed by atoms with Gasteiger partial charge in [-0.1, -0.05) is 0 Å². The van der Waals surface area contributed by atoms with E-state index in [-0.39, 0.29) is 0 Å². The van der Waals surface area contributed by atoms with Crippen molar-refractivity contribution in [2.45, 2.75) is 0 Å². The second-order valence-electron chi connectivity index (χ2n) is 3.00. The number of carboxylic acids is 1. The molecule has 1 aromatic rings. The van der Waals surface area contributed by atoms with Crippen LogP contribution in [0.2, 0.25) is 0 Å². The second-order valence-corrected chi connectivity index (χ2v) is 3.00. The van der Waals surface area contributed by atoms with Crippen LogP contribution in [0, 0.1) is 0 Å². The highest BCUT2D eigenvalue weighted by Gasteiger charge is 1.96. The summed E-state index contributed by atoms with van der Waals surface area (Å²) in [5.41, 5.74) is 1.63. The van der Waals surface area contributed by atoms with E-state index in [0.29, 0.717) is 5.69 Å². The molecule has 0 amide bonds. The van der Waals surface area contributed by atoms with Crippen LogP contribution in [0.3, 0.4) is 0 Å². The van der Waals surface area contributed by atoms with Crippen LogP contribution in [0.5, 0.6) is 0 Å². The fourth-order valence-electron chi connectivity index (χ4n) is 0.963. The van der Waals surface area contributed by atoms with Gasteiger partial charge in [0.15, 0.2) is 0 Å². The molecule has 1 heterocycles. The Labute approximate surface area is 82.5 Å². The lowest BCUT2D eigenvalue weighted by atomic mass is 10.3. The third-order valence-electron chi connectivity index (χ3n) is 1.68. The van der Waals surface area contributed by atoms with Crippen molar-refractivity contribution in [2.75, 3.05) is 19.0 Å². The van der Waals surface area contributed by atoms with Gasteiger partial charge in [-0.15, -0.1) is 0 Å². The van der Waals surface area contributed by atoms with Gasteiger partial charge in [0.05, 0.1) is 5.69 Å². The molecule has 1 aromatic heterocycles. The van der Waals surface area contributed by atoms with E-state index >= 15 is 0 Å². The summed E-state index contributed by atoms with van der Waals surface area (Å²) >= 11 is 0. The zero-order valence-corrected chi connectivity index (χ0v) is 8.14. The Bertz CT molecular complexity index is 359. The van der Waals surface area contributed by atoms with Crippen molar-refractivity contribution in [1.82, 2.24) is 4.98 Å². The van der Waals surface area contributed by atoms with Crippen molar-refractivity contribution < 1.29 is 9.90 Å². The minimum atomic E-state index is -0.970. The number of carbonyl (C=O) groups is 1. The highest BCUT2D eigenvalue weighted by molar-refractivity contribution is 5.85. The maximum Gasteiger partial charge on any atom is 0.328 e. The molecule has 4 heteroatoms. The van der Waals surface area contributed by atoms with Gasteiger partial charge in [0.2, 0.25) is 0 Å². The Hall–Kier alpha value is -1.84. The molecule has 1 N–H and O–H groups in total. The van der Waals surface area contributed by atoms with Gasteiger partial charge >= 0.3 is 5.97 Å². The Balaban J connectivity index is 2.89. The zero-order valence-electron chi connectivity index (χ0n) is 8.14. The van der Waals surface area contributed by atoms with E-state index in [4.69, 9.17) is 5.11 Å². The highest BCUT2D eigenvalue weighted by atomic mass is 16.4. The predicted molar refractivity (Wildman–Crippen MR) is 55.2 cm³/mol. The average molecular weight is 192 g/mol. The number of anilines is 1. The lowest BCUT2D eigenvalue weighted by Gasteiger charge is -2.11. The zero-order chi connectivity index (χ0) is 10.6. The minimum absolute atomic E-state index is 0.638. The van der Waals surface area contributed by atoms with E-state index in [1.165, 1.54) is 6.08 Å². The quantitative estimate of drug-likeness (QED) is 0.732. The van der Waals surface area contributed by atoms with Gasteiger partial charge in [-0.3, -0.25) is 4.98 Å². The molecule has 4 nitrogen and oxygen atoms in total. The molecule has 0 aromatic carbocycles. The molecule has 0 radical (unpaired) electrons. The van der Waals surface area contributed by atoms with Crippen LogP contribution in [0.4, 0.5) is 5.69 Å².